The Kier molecular flexibility index (Phi) is 8.74. The summed E-state index contributed by atoms with van der Waals surface area (Å²) in [5, 5.41) is 10.7. The van der Waals surface area contributed by atoms with Crippen molar-refractivity contribution < 1.29 is 56.2 Å². The first kappa shape index (κ1) is 24.9. The third-order valence-electron chi connectivity index (χ3n) is 6.68. The Bertz CT molecular complexity index is 812. The van der Waals surface area contributed by atoms with Gasteiger partial charge >= 0.3 is 51.4 Å². The second kappa shape index (κ2) is 10.9. The van der Waals surface area contributed by atoms with Crippen LogP contribution >= 0.6 is 0 Å². The fourth-order valence-corrected chi connectivity index (χ4v) is 4.62. The number of aryl methyl sites for hydroxylation is 1. The van der Waals surface area contributed by atoms with Crippen molar-refractivity contribution in [2.75, 3.05) is 26.7 Å². The largest absolute Gasteiger partial charge is 1.00 e. The van der Waals surface area contributed by atoms with E-state index in [0.29, 0.717) is 5.84 Å². The predicted molar refractivity (Wildman–Crippen MR) is 118 cm³/mol. The molecule has 4 heterocycles. The Morgan fingerprint density at radius 2 is 1.84 bits per heavy atom. The minimum absolute atomic E-state index is 0. The van der Waals surface area contributed by atoms with Crippen molar-refractivity contribution in [3.8, 4) is 0 Å². The smallest absolute Gasteiger partial charge is 0.571 e. The van der Waals surface area contributed by atoms with Crippen LogP contribution in [0, 0.1) is 18.3 Å². The monoisotopic (exact) mass is 448 g/mol. The number of rotatable bonds is 4. The topological polar surface area (TPSA) is 77.6 Å². The van der Waals surface area contributed by atoms with Crippen molar-refractivity contribution in [2.24, 2.45) is 5.92 Å². The maximum atomic E-state index is 11.3. The third kappa shape index (κ3) is 5.78. The molecule has 3 atom stereocenters. The zero-order valence-corrected chi connectivity index (χ0v) is 22.4. The average Bonchev–Trinajstić information content (AvgIpc) is 3.34. The van der Waals surface area contributed by atoms with E-state index < -0.39 is 0 Å². The van der Waals surface area contributed by atoms with E-state index in [0.717, 1.165) is 56.2 Å². The van der Waals surface area contributed by atoms with Crippen LogP contribution in [-0.2, 0) is 4.79 Å². The predicted octanol–water partition coefficient (Wildman–Crippen LogP) is 0.294. The molecule has 1 N–H and O–H groups in total. The van der Waals surface area contributed by atoms with E-state index in [1.54, 1.807) is 7.05 Å². The van der Waals surface area contributed by atoms with Crippen LogP contribution in [0.2, 0.25) is 0 Å². The van der Waals surface area contributed by atoms with Gasteiger partial charge in [-0.05, 0) is 49.5 Å². The molecule has 2 saturated heterocycles. The number of fused-ring (bicyclic) bond motifs is 2. The number of amidine groups is 1. The summed E-state index contributed by atoms with van der Waals surface area (Å²) in [5.74, 6) is 1.81. The van der Waals surface area contributed by atoms with Gasteiger partial charge in [0.2, 0.25) is 6.41 Å². The molecule has 3 unspecified atom stereocenters. The van der Waals surface area contributed by atoms with Crippen LogP contribution in [0.4, 0.5) is 0 Å². The summed E-state index contributed by atoms with van der Waals surface area (Å²) in [6.45, 7) is 6.50. The first-order valence-corrected chi connectivity index (χ1v) is 11.1. The number of hydrogen-bond donors (Lipinski definition) is 1. The summed E-state index contributed by atoms with van der Waals surface area (Å²) in [5.41, 5.74) is 7.46. The van der Waals surface area contributed by atoms with Crippen LogP contribution in [0.1, 0.15) is 49.8 Å². The van der Waals surface area contributed by atoms with Gasteiger partial charge in [-0.25, -0.2) is 0 Å². The summed E-state index contributed by atoms with van der Waals surface area (Å²) in [6, 6.07) is 4.61. The Morgan fingerprint density at radius 3 is 2.35 bits per heavy atom. The molecular formula is C23H33KN6O. The third-order valence-corrected chi connectivity index (χ3v) is 6.68. The number of likely N-dealkylation sites (tertiary alicyclic amines) is 1. The van der Waals surface area contributed by atoms with Gasteiger partial charge in [0.15, 0.2) is 0 Å². The molecule has 0 spiro atoms. The number of pyridine rings is 1. The second-order valence-corrected chi connectivity index (χ2v) is 9.04. The van der Waals surface area contributed by atoms with E-state index in [2.05, 4.69) is 34.4 Å². The number of carbonyl (C=O) groups excluding carboxylic acids is 1. The van der Waals surface area contributed by atoms with Crippen LogP contribution in [-0.4, -0.2) is 70.8 Å². The van der Waals surface area contributed by atoms with Crippen molar-refractivity contribution in [3.63, 3.8) is 0 Å². The second-order valence-electron chi connectivity index (χ2n) is 9.04. The summed E-state index contributed by atoms with van der Waals surface area (Å²) in [4.78, 5) is 19.6. The van der Waals surface area contributed by atoms with Gasteiger partial charge in [0.1, 0.15) is 5.84 Å². The van der Waals surface area contributed by atoms with Gasteiger partial charge in [0, 0.05) is 49.5 Å². The average molecular weight is 449 g/mol. The maximum Gasteiger partial charge on any atom is 1.00 e. The molecule has 1 aromatic rings. The number of piperazine rings is 1. The van der Waals surface area contributed by atoms with Crippen molar-refractivity contribution in [1.82, 2.24) is 19.8 Å². The van der Waals surface area contributed by atoms with Gasteiger partial charge in [0.25, 0.3) is 0 Å². The molecule has 2 bridgehead atoms. The zero-order chi connectivity index (χ0) is 21.3. The Labute approximate surface area is 228 Å². The number of nitrogens with zero attached hydrogens (tertiary/aromatic N) is 5. The molecule has 0 aromatic carbocycles. The summed E-state index contributed by atoms with van der Waals surface area (Å²) in [7, 11) is 1.77. The molecule has 1 amide bonds. The molecule has 3 aliphatic heterocycles. The van der Waals surface area contributed by atoms with Gasteiger partial charge in [-0.1, -0.05) is 19.8 Å². The van der Waals surface area contributed by atoms with Crippen molar-refractivity contribution in [1.29, 1.82) is 5.41 Å². The standard InChI is InChI=1S/C19H25N6O.C4H8.K/c1-13-7-14(5-6-22-13)15-8-18(25(9-15)21-2)19(20)23-10-16-3-4-17(11-23)24(16)12-26;1-4-2-3-4;/h5-8,12,15-17,20H,3-4,9-11H2,1-2H3;4H,2-3H2,1H3;/q-1;;+1. The van der Waals surface area contributed by atoms with Crippen LogP contribution in [0.25, 0.3) is 5.43 Å². The van der Waals surface area contributed by atoms with Crippen LogP contribution in [0.15, 0.2) is 30.1 Å². The van der Waals surface area contributed by atoms with Crippen molar-refractivity contribution in [2.45, 2.75) is 57.5 Å². The fraction of sp³-hybridized carbons (Fsp3) is 0.609. The van der Waals surface area contributed by atoms with Gasteiger partial charge < -0.3 is 20.2 Å². The molecule has 1 aromatic heterocycles. The van der Waals surface area contributed by atoms with Crippen molar-refractivity contribution >= 4 is 12.2 Å². The minimum atomic E-state index is 0. The molecule has 31 heavy (non-hydrogen) atoms. The quantitative estimate of drug-likeness (QED) is 0.311. The molecule has 3 fully saturated rings. The molecule has 1 saturated carbocycles. The molecule has 162 valence electrons. The Balaban J connectivity index is 0.000000491. The van der Waals surface area contributed by atoms with E-state index in [1.807, 2.05) is 29.1 Å². The summed E-state index contributed by atoms with van der Waals surface area (Å²) >= 11 is 0. The summed E-state index contributed by atoms with van der Waals surface area (Å²) in [6.07, 6.45) is 10.0. The summed E-state index contributed by atoms with van der Waals surface area (Å²) < 4.78 is 0. The number of hydrogen-bond acceptors (Lipinski definition) is 4. The van der Waals surface area contributed by atoms with E-state index >= 15 is 0 Å². The van der Waals surface area contributed by atoms with E-state index in [9.17, 15) is 4.79 Å². The van der Waals surface area contributed by atoms with Crippen LogP contribution in [0.3, 0.4) is 0 Å². The van der Waals surface area contributed by atoms with E-state index in [1.165, 1.54) is 18.4 Å². The molecule has 7 nitrogen and oxygen atoms in total. The Morgan fingerprint density at radius 1 is 1.19 bits per heavy atom. The number of carbonyl (C=O) groups is 1. The van der Waals surface area contributed by atoms with Gasteiger partial charge in [-0.15, -0.1) is 7.05 Å². The first-order valence-electron chi connectivity index (χ1n) is 11.1. The minimum Gasteiger partial charge on any atom is -0.571 e. The Hall–Kier alpha value is -0.774. The van der Waals surface area contributed by atoms with Gasteiger partial charge in [-0.3, -0.25) is 15.2 Å². The van der Waals surface area contributed by atoms with Crippen LogP contribution in [0.5, 0.6) is 0 Å². The normalized spacial score (nSPS) is 26.6. The molecule has 4 aliphatic rings. The van der Waals surface area contributed by atoms with E-state index in [4.69, 9.17) is 5.41 Å². The number of aromatic nitrogens is 1. The first-order chi connectivity index (χ1) is 14.5. The number of amides is 1. The molecular weight excluding hydrogens is 415 g/mol. The SMILES string of the molecule is CC1CC1.C[N-]N1CC(c2ccnc(C)c2)C=C1C(=N)N1CC2CCC(C1)N2C=O.[K+]. The van der Waals surface area contributed by atoms with Gasteiger partial charge in [-0.2, -0.15) is 0 Å². The maximum absolute atomic E-state index is 11.3. The van der Waals surface area contributed by atoms with Gasteiger partial charge in [0.05, 0.1) is 5.70 Å². The molecule has 5 rings (SSSR count). The van der Waals surface area contributed by atoms with E-state index in [-0.39, 0.29) is 69.4 Å². The molecule has 1 aliphatic carbocycles. The fourth-order valence-electron chi connectivity index (χ4n) is 4.62. The van der Waals surface area contributed by atoms with Crippen LogP contribution < -0.4 is 51.4 Å². The number of nitrogens with one attached hydrogen (secondary N) is 1. The molecule has 0 radical (unpaired) electrons. The van der Waals surface area contributed by atoms with Crippen molar-refractivity contribution in [3.05, 3.63) is 46.8 Å². The zero-order valence-electron chi connectivity index (χ0n) is 19.3. The molecule has 8 heteroatoms.